The standard InChI is InChI=1S/C24H30N4O5.C5H10N2O.C4H10/c1-3-25-21(29)15-27-22(30)16(2)26-14-20(12-17-8-5-4-6-9-17)28-23(31)18-10-7-11-19(13-18)24(32)33;1-7-4-2-3-6-5(7)8;1-4(2)3/h4-11,13,16,20,26H,3,12,14-15H2,1-2H3,(H,25,29)(H,27,30)(H,28,31)(H,32,33);2-4H2,1H3,(H,6,8);4H,1-3H3/t16?,20-;;/m0../s1. The van der Waals surface area contributed by atoms with Gasteiger partial charge in [-0.1, -0.05) is 57.2 Å². The van der Waals surface area contributed by atoms with E-state index in [2.05, 4.69) is 47.4 Å². The molecule has 0 aliphatic carbocycles. The van der Waals surface area contributed by atoms with Gasteiger partial charge in [0.15, 0.2) is 0 Å². The molecule has 1 saturated heterocycles. The molecule has 0 spiro atoms. The Kier molecular flexibility index (Phi) is 18.2. The third-order valence-electron chi connectivity index (χ3n) is 6.19. The summed E-state index contributed by atoms with van der Waals surface area (Å²) in [4.78, 5) is 60.1. The third kappa shape index (κ3) is 16.8. The molecule has 0 saturated carbocycles. The number of amides is 5. The fourth-order valence-corrected chi connectivity index (χ4v) is 3.87. The van der Waals surface area contributed by atoms with Crippen LogP contribution in [0.15, 0.2) is 54.6 Å². The molecule has 0 radical (unpaired) electrons. The maximum Gasteiger partial charge on any atom is 0.335 e. The van der Waals surface area contributed by atoms with Crippen molar-refractivity contribution in [2.24, 2.45) is 5.92 Å². The lowest BCUT2D eigenvalue weighted by Gasteiger charge is -2.22. The number of likely N-dealkylation sites (N-methyl/N-ethyl adjacent to an activating group) is 1. The molecule has 6 N–H and O–H groups in total. The molecular formula is C33H50N6O6. The van der Waals surface area contributed by atoms with Crippen molar-refractivity contribution in [1.82, 2.24) is 31.5 Å². The highest BCUT2D eigenvalue weighted by Crippen LogP contribution is 2.08. The molecule has 1 aliphatic heterocycles. The Balaban J connectivity index is 0.000000703. The van der Waals surface area contributed by atoms with Crippen LogP contribution in [0.4, 0.5) is 4.79 Å². The van der Waals surface area contributed by atoms with Crippen LogP contribution in [0.3, 0.4) is 0 Å². The van der Waals surface area contributed by atoms with Crippen LogP contribution in [0, 0.1) is 5.92 Å². The van der Waals surface area contributed by atoms with Crippen LogP contribution in [0.5, 0.6) is 0 Å². The van der Waals surface area contributed by atoms with E-state index >= 15 is 0 Å². The zero-order valence-electron chi connectivity index (χ0n) is 27.3. The Labute approximate surface area is 266 Å². The monoisotopic (exact) mass is 626 g/mol. The summed E-state index contributed by atoms with van der Waals surface area (Å²) in [7, 11) is 1.80. The van der Waals surface area contributed by atoms with Gasteiger partial charge >= 0.3 is 12.0 Å². The average molecular weight is 627 g/mol. The number of carbonyl (C=O) groups excluding carboxylic acids is 4. The molecule has 1 aliphatic rings. The molecule has 1 unspecified atom stereocenters. The molecule has 2 aromatic carbocycles. The van der Waals surface area contributed by atoms with E-state index in [4.69, 9.17) is 5.11 Å². The van der Waals surface area contributed by atoms with E-state index in [0.717, 1.165) is 31.0 Å². The lowest BCUT2D eigenvalue weighted by molar-refractivity contribution is -0.127. The van der Waals surface area contributed by atoms with Gasteiger partial charge in [0.1, 0.15) is 0 Å². The minimum atomic E-state index is -1.11. The van der Waals surface area contributed by atoms with Crippen LogP contribution in [-0.4, -0.2) is 91.6 Å². The predicted molar refractivity (Wildman–Crippen MR) is 175 cm³/mol. The fourth-order valence-electron chi connectivity index (χ4n) is 3.87. The van der Waals surface area contributed by atoms with Gasteiger partial charge in [-0.2, -0.15) is 0 Å². The highest BCUT2D eigenvalue weighted by molar-refractivity contribution is 5.97. The fraction of sp³-hybridized carbons (Fsp3) is 0.485. The second-order valence-corrected chi connectivity index (χ2v) is 11.3. The van der Waals surface area contributed by atoms with Gasteiger partial charge in [0, 0.05) is 44.8 Å². The van der Waals surface area contributed by atoms with Crippen LogP contribution >= 0.6 is 0 Å². The van der Waals surface area contributed by atoms with Crippen molar-refractivity contribution in [3.63, 3.8) is 0 Å². The number of rotatable bonds is 12. The molecular weight excluding hydrogens is 576 g/mol. The first-order valence-corrected chi connectivity index (χ1v) is 15.3. The van der Waals surface area contributed by atoms with Crippen molar-refractivity contribution in [1.29, 1.82) is 0 Å². The number of carboxylic acids is 1. The molecule has 248 valence electrons. The number of urea groups is 1. The average Bonchev–Trinajstić information content (AvgIpc) is 3.00. The van der Waals surface area contributed by atoms with Gasteiger partial charge in [0.25, 0.3) is 5.91 Å². The highest BCUT2D eigenvalue weighted by atomic mass is 16.4. The van der Waals surface area contributed by atoms with Gasteiger partial charge in [0.05, 0.1) is 18.2 Å². The van der Waals surface area contributed by atoms with Crippen LogP contribution in [0.1, 0.15) is 67.3 Å². The molecule has 3 rings (SSSR count). The van der Waals surface area contributed by atoms with E-state index in [1.165, 1.54) is 18.2 Å². The maximum atomic E-state index is 12.8. The summed E-state index contributed by atoms with van der Waals surface area (Å²) in [5.74, 6) is -1.29. The summed E-state index contributed by atoms with van der Waals surface area (Å²) in [5.41, 5.74) is 1.26. The van der Waals surface area contributed by atoms with Crippen LogP contribution < -0.4 is 26.6 Å². The summed E-state index contributed by atoms with van der Waals surface area (Å²) in [6.07, 6.45) is 1.58. The lowest BCUT2D eigenvalue weighted by Crippen LogP contribution is -2.50. The summed E-state index contributed by atoms with van der Waals surface area (Å²) < 4.78 is 0. The second kappa shape index (κ2) is 21.3. The quantitative estimate of drug-likeness (QED) is 0.210. The smallest absolute Gasteiger partial charge is 0.335 e. The van der Waals surface area contributed by atoms with Crippen molar-refractivity contribution in [2.75, 3.05) is 39.8 Å². The Bertz CT molecular complexity index is 1220. The van der Waals surface area contributed by atoms with E-state index in [0.29, 0.717) is 13.0 Å². The minimum Gasteiger partial charge on any atom is -0.478 e. The maximum absolute atomic E-state index is 12.8. The second-order valence-electron chi connectivity index (χ2n) is 11.3. The van der Waals surface area contributed by atoms with Crippen LogP contribution in [0.25, 0.3) is 0 Å². The van der Waals surface area contributed by atoms with E-state index in [1.54, 1.807) is 31.9 Å². The number of carbonyl (C=O) groups is 5. The molecule has 1 fully saturated rings. The predicted octanol–water partition coefficient (Wildman–Crippen LogP) is 2.65. The molecule has 2 aromatic rings. The molecule has 5 amide bonds. The molecule has 12 nitrogen and oxygen atoms in total. The Morgan fingerprint density at radius 1 is 0.956 bits per heavy atom. The van der Waals surface area contributed by atoms with E-state index < -0.39 is 17.9 Å². The molecule has 0 aromatic heterocycles. The summed E-state index contributed by atoms with van der Waals surface area (Å²) >= 11 is 0. The number of hydrogen-bond donors (Lipinski definition) is 6. The number of benzene rings is 2. The zero-order valence-corrected chi connectivity index (χ0v) is 27.3. The van der Waals surface area contributed by atoms with Crippen molar-refractivity contribution < 1.29 is 29.1 Å². The van der Waals surface area contributed by atoms with Crippen molar-refractivity contribution in [3.8, 4) is 0 Å². The number of hydrogen-bond acceptors (Lipinski definition) is 6. The Morgan fingerprint density at radius 2 is 1.60 bits per heavy atom. The normalized spacial score (nSPS) is 13.5. The SMILES string of the molecule is CC(C)C.CCNC(=O)CNC(=O)C(C)NC[C@H](Cc1ccccc1)NC(=O)c1cccc(C(=O)O)c1.CN1CCCNC1=O. The lowest BCUT2D eigenvalue weighted by atomic mass is 10.0. The molecule has 2 atom stereocenters. The molecule has 12 heteroatoms. The van der Waals surface area contributed by atoms with Gasteiger partial charge in [-0.15, -0.1) is 0 Å². The van der Waals surface area contributed by atoms with Gasteiger partial charge in [-0.25, -0.2) is 9.59 Å². The van der Waals surface area contributed by atoms with E-state index in [-0.39, 0.29) is 48.1 Å². The number of carboxylic acid groups (broad SMARTS) is 1. The largest absolute Gasteiger partial charge is 0.478 e. The Hall–Kier alpha value is -4.45. The first kappa shape index (κ1) is 38.6. The zero-order chi connectivity index (χ0) is 33.8. The van der Waals surface area contributed by atoms with Gasteiger partial charge < -0.3 is 36.6 Å². The number of nitrogens with zero attached hydrogens (tertiary/aromatic N) is 1. The first-order chi connectivity index (χ1) is 21.3. The van der Waals surface area contributed by atoms with Crippen LogP contribution in [-0.2, 0) is 16.0 Å². The van der Waals surface area contributed by atoms with Crippen molar-refractivity contribution in [2.45, 2.75) is 59.5 Å². The van der Waals surface area contributed by atoms with E-state index in [9.17, 15) is 24.0 Å². The van der Waals surface area contributed by atoms with Crippen LogP contribution in [0.2, 0.25) is 0 Å². The minimum absolute atomic E-state index is 0.0257. The van der Waals surface area contributed by atoms with Gasteiger partial charge in [-0.05, 0) is 56.4 Å². The van der Waals surface area contributed by atoms with Gasteiger partial charge in [0.2, 0.25) is 11.8 Å². The Morgan fingerprint density at radius 3 is 2.16 bits per heavy atom. The number of aromatic carboxylic acids is 1. The molecule has 0 bridgehead atoms. The van der Waals surface area contributed by atoms with Crippen molar-refractivity contribution in [3.05, 3.63) is 71.3 Å². The van der Waals surface area contributed by atoms with E-state index in [1.807, 2.05) is 30.3 Å². The topological polar surface area (TPSA) is 169 Å². The summed E-state index contributed by atoms with van der Waals surface area (Å²) in [6, 6.07) is 14.5. The molecule has 45 heavy (non-hydrogen) atoms. The molecule has 1 heterocycles. The van der Waals surface area contributed by atoms with Gasteiger partial charge in [-0.3, -0.25) is 14.4 Å². The summed E-state index contributed by atoms with van der Waals surface area (Å²) in [5, 5.41) is 23.1. The third-order valence-corrected chi connectivity index (χ3v) is 6.19. The first-order valence-electron chi connectivity index (χ1n) is 15.3. The number of nitrogens with one attached hydrogen (secondary N) is 5. The van der Waals surface area contributed by atoms with Crippen molar-refractivity contribution >= 4 is 29.7 Å². The summed E-state index contributed by atoms with van der Waals surface area (Å²) in [6.45, 7) is 12.4. The highest BCUT2D eigenvalue weighted by Gasteiger charge is 2.19.